The van der Waals surface area contributed by atoms with Gasteiger partial charge in [-0.15, -0.1) is 0 Å². The largest absolute Gasteiger partial charge is 0.493 e. The SMILES string of the molecule is COc1cc(NC(=O)c2ccccc2Cl)c(C(=O)OCN2C(=O)c3ccccc3C2=O)cc1OC. The Morgan fingerprint density at radius 1 is 0.857 bits per heavy atom. The summed E-state index contributed by atoms with van der Waals surface area (Å²) in [6.45, 7) is -0.614. The Kier molecular flexibility index (Phi) is 6.70. The summed E-state index contributed by atoms with van der Waals surface area (Å²) in [5, 5.41) is 2.85. The lowest BCUT2D eigenvalue weighted by Crippen LogP contribution is -2.33. The monoisotopic (exact) mass is 494 g/mol. The maximum absolute atomic E-state index is 13.0. The van der Waals surface area contributed by atoms with Crippen LogP contribution in [0.15, 0.2) is 60.7 Å². The van der Waals surface area contributed by atoms with Crippen LogP contribution in [0.25, 0.3) is 0 Å². The number of carbonyl (C=O) groups is 4. The minimum atomic E-state index is -0.906. The Morgan fingerprint density at radius 3 is 2.03 bits per heavy atom. The molecule has 1 aliphatic heterocycles. The van der Waals surface area contributed by atoms with Crippen LogP contribution >= 0.6 is 11.6 Å². The van der Waals surface area contributed by atoms with E-state index in [-0.39, 0.29) is 44.5 Å². The zero-order valence-corrected chi connectivity index (χ0v) is 19.4. The number of imide groups is 1. The Hall–Kier alpha value is -4.37. The van der Waals surface area contributed by atoms with Crippen molar-refractivity contribution in [3.8, 4) is 11.5 Å². The van der Waals surface area contributed by atoms with Gasteiger partial charge in [0.25, 0.3) is 17.7 Å². The number of anilines is 1. The first-order valence-electron chi connectivity index (χ1n) is 10.3. The second kappa shape index (κ2) is 9.86. The van der Waals surface area contributed by atoms with E-state index >= 15 is 0 Å². The molecule has 4 rings (SSSR count). The van der Waals surface area contributed by atoms with Gasteiger partial charge in [-0.05, 0) is 24.3 Å². The molecule has 0 unspecified atom stereocenters. The molecule has 3 aromatic carbocycles. The highest BCUT2D eigenvalue weighted by Gasteiger charge is 2.36. The molecule has 0 saturated carbocycles. The molecule has 0 radical (unpaired) electrons. The molecule has 0 aliphatic carbocycles. The second-order valence-corrected chi connectivity index (χ2v) is 7.74. The number of carbonyl (C=O) groups excluding carboxylic acids is 4. The van der Waals surface area contributed by atoms with Crippen molar-refractivity contribution in [1.82, 2.24) is 4.90 Å². The zero-order chi connectivity index (χ0) is 25.1. The van der Waals surface area contributed by atoms with Crippen molar-refractivity contribution in [2.75, 3.05) is 26.3 Å². The number of amides is 3. The van der Waals surface area contributed by atoms with Crippen LogP contribution in [0.2, 0.25) is 5.02 Å². The molecule has 10 heteroatoms. The van der Waals surface area contributed by atoms with E-state index < -0.39 is 30.4 Å². The van der Waals surface area contributed by atoms with E-state index in [1.165, 1.54) is 44.6 Å². The van der Waals surface area contributed by atoms with Crippen LogP contribution in [-0.4, -0.2) is 49.5 Å². The minimum Gasteiger partial charge on any atom is -0.493 e. The van der Waals surface area contributed by atoms with Gasteiger partial charge >= 0.3 is 5.97 Å². The molecule has 9 nitrogen and oxygen atoms in total. The van der Waals surface area contributed by atoms with Crippen molar-refractivity contribution in [3.63, 3.8) is 0 Å². The smallest absolute Gasteiger partial charge is 0.342 e. The molecule has 1 aliphatic rings. The Labute approximate surface area is 205 Å². The standard InChI is InChI=1S/C25H19ClN2O7/c1-33-20-11-17(19(12-21(20)34-2)27-22(29)16-9-5-6-10-18(16)26)25(32)35-13-28-23(30)14-7-3-4-8-15(14)24(28)31/h3-12H,13H2,1-2H3,(H,27,29). The van der Waals surface area contributed by atoms with E-state index in [2.05, 4.69) is 5.32 Å². The van der Waals surface area contributed by atoms with E-state index in [0.29, 0.717) is 0 Å². The van der Waals surface area contributed by atoms with E-state index in [1.807, 2.05) is 0 Å². The topological polar surface area (TPSA) is 111 Å². The Morgan fingerprint density at radius 2 is 1.43 bits per heavy atom. The molecule has 3 aromatic rings. The molecule has 0 aromatic heterocycles. The maximum atomic E-state index is 13.0. The normalized spacial score (nSPS) is 12.3. The summed E-state index contributed by atoms with van der Waals surface area (Å²) in [6, 6.07) is 15.4. The lowest BCUT2D eigenvalue weighted by atomic mass is 10.1. The number of rotatable bonds is 7. The number of nitrogens with one attached hydrogen (secondary N) is 1. The fraction of sp³-hybridized carbons (Fsp3) is 0.120. The van der Waals surface area contributed by atoms with E-state index in [1.54, 1.807) is 30.3 Å². The van der Waals surface area contributed by atoms with Gasteiger partial charge in [0.1, 0.15) is 0 Å². The van der Waals surface area contributed by atoms with Gasteiger partial charge in [-0.25, -0.2) is 9.69 Å². The first kappa shape index (κ1) is 23.8. The van der Waals surface area contributed by atoms with Gasteiger partial charge < -0.3 is 19.5 Å². The lowest BCUT2D eigenvalue weighted by Gasteiger charge is -2.17. The average Bonchev–Trinajstić information content (AvgIpc) is 3.11. The van der Waals surface area contributed by atoms with Gasteiger partial charge in [-0.1, -0.05) is 35.9 Å². The summed E-state index contributed by atoms with van der Waals surface area (Å²) in [7, 11) is 2.78. The molecular formula is C25H19ClN2O7. The first-order valence-corrected chi connectivity index (χ1v) is 10.7. The minimum absolute atomic E-state index is 0.0555. The molecule has 1 heterocycles. The average molecular weight is 495 g/mol. The molecule has 0 atom stereocenters. The highest BCUT2D eigenvalue weighted by molar-refractivity contribution is 6.34. The number of ether oxygens (including phenoxy) is 3. The number of hydrogen-bond donors (Lipinski definition) is 1. The van der Waals surface area contributed by atoms with Crippen molar-refractivity contribution in [3.05, 3.63) is 87.9 Å². The third-order valence-electron chi connectivity index (χ3n) is 5.31. The van der Waals surface area contributed by atoms with Crippen molar-refractivity contribution < 1.29 is 33.4 Å². The predicted octanol–water partition coefficient (Wildman–Crippen LogP) is 4.02. The number of esters is 1. The Bertz CT molecular complexity index is 1320. The first-order chi connectivity index (χ1) is 16.8. The number of methoxy groups -OCH3 is 2. The fourth-order valence-electron chi connectivity index (χ4n) is 3.54. The molecule has 0 saturated heterocycles. The Balaban J connectivity index is 1.60. The third-order valence-corrected chi connectivity index (χ3v) is 5.64. The summed E-state index contributed by atoms with van der Waals surface area (Å²) < 4.78 is 15.8. The maximum Gasteiger partial charge on any atom is 0.342 e. The fourth-order valence-corrected chi connectivity index (χ4v) is 3.77. The second-order valence-electron chi connectivity index (χ2n) is 7.33. The van der Waals surface area contributed by atoms with Crippen molar-refractivity contribution in [2.24, 2.45) is 0 Å². The lowest BCUT2D eigenvalue weighted by molar-refractivity contribution is 0.0228. The number of nitrogens with zero attached hydrogens (tertiary/aromatic N) is 1. The van der Waals surface area contributed by atoms with Crippen LogP contribution in [0, 0.1) is 0 Å². The van der Waals surface area contributed by atoms with Crippen LogP contribution in [0.1, 0.15) is 41.4 Å². The molecule has 0 fully saturated rings. The summed E-state index contributed by atoms with van der Waals surface area (Å²) in [4.78, 5) is 51.8. The van der Waals surface area contributed by atoms with Gasteiger partial charge in [0.15, 0.2) is 18.2 Å². The number of fused-ring (bicyclic) bond motifs is 1. The molecule has 0 spiro atoms. The molecule has 3 amide bonds. The predicted molar refractivity (Wildman–Crippen MR) is 126 cm³/mol. The van der Waals surface area contributed by atoms with Gasteiger partial charge in [0, 0.05) is 12.1 Å². The summed E-state index contributed by atoms with van der Waals surface area (Å²) in [6.07, 6.45) is 0. The quantitative estimate of drug-likeness (QED) is 0.390. The number of benzene rings is 3. The van der Waals surface area contributed by atoms with E-state index in [0.717, 1.165) is 4.90 Å². The molecule has 0 bridgehead atoms. The van der Waals surface area contributed by atoms with Crippen molar-refractivity contribution >= 4 is 41.0 Å². The number of halogens is 1. The molecule has 178 valence electrons. The summed E-state index contributed by atoms with van der Waals surface area (Å²) >= 11 is 6.12. The van der Waals surface area contributed by atoms with Gasteiger partial charge in [0.05, 0.1) is 47.2 Å². The van der Waals surface area contributed by atoms with E-state index in [9.17, 15) is 19.2 Å². The van der Waals surface area contributed by atoms with Gasteiger partial charge in [-0.2, -0.15) is 0 Å². The molecular weight excluding hydrogens is 476 g/mol. The highest BCUT2D eigenvalue weighted by Crippen LogP contribution is 2.34. The zero-order valence-electron chi connectivity index (χ0n) is 18.7. The van der Waals surface area contributed by atoms with Gasteiger partial charge in [-0.3, -0.25) is 14.4 Å². The van der Waals surface area contributed by atoms with Crippen LogP contribution in [-0.2, 0) is 4.74 Å². The van der Waals surface area contributed by atoms with Crippen LogP contribution in [0.4, 0.5) is 5.69 Å². The van der Waals surface area contributed by atoms with Gasteiger partial charge in [0.2, 0.25) is 0 Å². The highest BCUT2D eigenvalue weighted by atomic mass is 35.5. The van der Waals surface area contributed by atoms with Crippen molar-refractivity contribution in [2.45, 2.75) is 0 Å². The third kappa shape index (κ3) is 4.53. The summed E-state index contributed by atoms with van der Waals surface area (Å²) in [5.74, 6) is -2.17. The van der Waals surface area contributed by atoms with Crippen LogP contribution in [0.3, 0.4) is 0 Å². The molecule has 1 N–H and O–H groups in total. The van der Waals surface area contributed by atoms with Crippen LogP contribution < -0.4 is 14.8 Å². The van der Waals surface area contributed by atoms with Crippen molar-refractivity contribution in [1.29, 1.82) is 0 Å². The molecule has 35 heavy (non-hydrogen) atoms. The number of hydrogen-bond acceptors (Lipinski definition) is 7. The van der Waals surface area contributed by atoms with Crippen LogP contribution in [0.5, 0.6) is 11.5 Å². The van der Waals surface area contributed by atoms with E-state index in [4.69, 9.17) is 25.8 Å². The summed E-state index contributed by atoms with van der Waals surface area (Å²) in [5.41, 5.74) is 0.619.